The first-order valence-corrected chi connectivity index (χ1v) is 6.11. The molecule has 0 amide bonds. The van der Waals surface area contributed by atoms with Crippen LogP contribution in [0.5, 0.6) is 5.75 Å². The molecule has 0 heterocycles. The number of halogens is 1. The summed E-state index contributed by atoms with van der Waals surface area (Å²) in [6.07, 6.45) is 0. The van der Waals surface area contributed by atoms with Crippen molar-refractivity contribution >= 4 is 32.5 Å². The molecule has 0 fully saturated rings. The first kappa shape index (κ1) is 11.2. The fraction of sp³-hybridized carbons (Fsp3) is 0. The van der Waals surface area contributed by atoms with Gasteiger partial charge in [-0.1, -0.05) is 35.9 Å². The van der Waals surface area contributed by atoms with Gasteiger partial charge in [0.1, 0.15) is 10.6 Å². The smallest absolute Gasteiger partial charge is 0.296 e. The van der Waals surface area contributed by atoms with Crippen LogP contribution in [0.4, 0.5) is 0 Å². The van der Waals surface area contributed by atoms with Crippen molar-refractivity contribution in [2.24, 2.45) is 0 Å². The van der Waals surface area contributed by atoms with Gasteiger partial charge >= 0.3 is 0 Å². The molecule has 0 saturated carbocycles. The van der Waals surface area contributed by atoms with E-state index in [1.807, 2.05) is 0 Å². The number of hydrogen-bond acceptors (Lipinski definition) is 3. The van der Waals surface area contributed by atoms with Gasteiger partial charge in [-0.05, 0) is 0 Å². The lowest BCUT2D eigenvalue weighted by Gasteiger charge is -2.07. The predicted molar refractivity (Wildman–Crippen MR) is 60.4 cm³/mol. The van der Waals surface area contributed by atoms with E-state index in [0.29, 0.717) is 5.39 Å². The van der Waals surface area contributed by atoms with Crippen molar-refractivity contribution in [2.75, 3.05) is 0 Å². The van der Waals surface area contributed by atoms with E-state index in [-0.39, 0.29) is 21.1 Å². The molecule has 2 aromatic rings. The second kappa shape index (κ2) is 3.62. The van der Waals surface area contributed by atoms with Crippen LogP contribution in [0.3, 0.4) is 0 Å². The van der Waals surface area contributed by atoms with E-state index in [0.717, 1.165) is 6.07 Å². The summed E-state index contributed by atoms with van der Waals surface area (Å²) in [5.41, 5.74) is 0. The number of aromatic hydroxyl groups is 1. The zero-order valence-corrected chi connectivity index (χ0v) is 9.46. The van der Waals surface area contributed by atoms with Crippen LogP contribution in [0.2, 0.25) is 5.02 Å². The van der Waals surface area contributed by atoms with Crippen LogP contribution in [0.1, 0.15) is 0 Å². The molecule has 0 bridgehead atoms. The Labute approximate surface area is 96.8 Å². The molecule has 2 rings (SSSR count). The molecule has 0 spiro atoms. The van der Waals surface area contributed by atoms with Gasteiger partial charge in [0.15, 0.2) is 0 Å². The molecule has 6 heteroatoms. The first-order chi connectivity index (χ1) is 7.41. The van der Waals surface area contributed by atoms with Crippen LogP contribution in [0.15, 0.2) is 35.2 Å². The molecule has 0 radical (unpaired) electrons. The monoisotopic (exact) mass is 258 g/mol. The van der Waals surface area contributed by atoms with Crippen molar-refractivity contribution in [3.63, 3.8) is 0 Å². The maximum Gasteiger partial charge on any atom is 0.296 e. The lowest BCUT2D eigenvalue weighted by Crippen LogP contribution is -2.00. The van der Waals surface area contributed by atoms with Gasteiger partial charge in [0, 0.05) is 16.8 Å². The average Bonchev–Trinajstić information content (AvgIpc) is 2.15. The number of fused-ring (bicyclic) bond motifs is 1. The topological polar surface area (TPSA) is 74.6 Å². The number of hydrogen-bond donors (Lipinski definition) is 2. The predicted octanol–water partition coefficient (Wildman–Crippen LogP) is 2.45. The lowest BCUT2D eigenvalue weighted by molar-refractivity contribution is 0.479. The fourth-order valence-corrected chi connectivity index (χ4v) is 2.82. The van der Waals surface area contributed by atoms with Gasteiger partial charge in [-0.3, -0.25) is 4.55 Å². The van der Waals surface area contributed by atoms with Crippen LogP contribution >= 0.6 is 11.6 Å². The zero-order valence-electron chi connectivity index (χ0n) is 7.88. The van der Waals surface area contributed by atoms with Crippen molar-refractivity contribution in [1.82, 2.24) is 0 Å². The normalized spacial score (nSPS) is 11.9. The minimum atomic E-state index is -4.42. The molecule has 0 saturated heterocycles. The van der Waals surface area contributed by atoms with Crippen LogP contribution in [0.25, 0.3) is 10.8 Å². The third kappa shape index (κ3) is 1.73. The van der Waals surface area contributed by atoms with Crippen molar-refractivity contribution in [3.05, 3.63) is 35.4 Å². The standard InChI is InChI=1S/C10H7ClO4S/c11-8-5-9(12)6-3-1-2-4-7(6)10(8)16(13,14)15/h1-5,12H,(H,13,14,15). The quantitative estimate of drug-likeness (QED) is 0.771. The van der Waals surface area contributed by atoms with Crippen LogP contribution in [-0.4, -0.2) is 18.1 Å². The molecule has 2 aromatic carbocycles. The molecule has 0 atom stereocenters. The van der Waals surface area contributed by atoms with Gasteiger partial charge in [-0.2, -0.15) is 8.42 Å². The highest BCUT2D eigenvalue weighted by Crippen LogP contribution is 2.35. The first-order valence-electron chi connectivity index (χ1n) is 4.29. The van der Waals surface area contributed by atoms with Gasteiger partial charge in [0.2, 0.25) is 0 Å². The summed E-state index contributed by atoms with van der Waals surface area (Å²) in [4.78, 5) is -0.387. The van der Waals surface area contributed by atoms with Crippen LogP contribution in [0, 0.1) is 0 Å². The van der Waals surface area contributed by atoms with E-state index in [2.05, 4.69) is 0 Å². The highest BCUT2D eigenvalue weighted by atomic mass is 35.5. The third-order valence-corrected chi connectivity index (χ3v) is 3.55. The Morgan fingerprint density at radius 1 is 1.12 bits per heavy atom. The van der Waals surface area contributed by atoms with Crippen molar-refractivity contribution < 1.29 is 18.1 Å². The molecule has 0 aliphatic rings. The van der Waals surface area contributed by atoms with Gasteiger partial charge < -0.3 is 5.11 Å². The molecule has 0 aliphatic carbocycles. The van der Waals surface area contributed by atoms with E-state index in [9.17, 15) is 13.5 Å². The zero-order chi connectivity index (χ0) is 11.9. The lowest BCUT2D eigenvalue weighted by atomic mass is 10.1. The minimum absolute atomic E-state index is 0.131. The Hall–Kier alpha value is -1.30. The van der Waals surface area contributed by atoms with Crippen molar-refractivity contribution in [1.29, 1.82) is 0 Å². The van der Waals surface area contributed by atoms with Crippen molar-refractivity contribution in [3.8, 4) is 5.75 Å². The third-order valence-electron chi connectivity index (χ3n) is 2.19. The summed E-state index contributed by atoms with van der Waals surface area (Å²) in [6.45, 7) is 0. The van der Waals surface area contributed by atoms with Gasteiger partial charge in [-0.15, -0.1) is 0 Å². The fourth-order valence-electron chi connectivity index (χ4n) is 1.56. The molecule has 0 unspecified atom stereocenters. The molecule has 4 nitrogen and oxygen atoms in total. The molecular formula is C10H7ClO4S. The largest absolute Gasteiger partial charge is 0.507 e. The van der Waals surface area contributed by atoms with E-state index in [1.165, 1.54) is 12.1 Å². The Balaban J connectivity index is 3.05. The number of rotatable bonds is 1. The molecule has 0 aromatic heterocycles. The second-order valence-corrected chi connectivity index (χ2v) is 4.99. The minimum Gasteiger partial charge on any atom is -0.507 e. The summed E-state index contributed by atoms with van der Waals surface area (Å²) in [5.74, 6) is -0.131. The SMILES string of the molecule is O=S(=O)(O)c1c(Cl)cc(O)c2ccccc12. The summed E-state index contributed by atoms with van der Waals surface area (Å²) in [7, 11) is -4.42. The maximum atomic E-state index is 11.2. The number of benzene rings is 2. The van der Waals surface area contributed by atoms with Gasteiger partial charge in [0.25, 0.3) is 10.1 Å². The maximum absolute atomic E-state index is 11.2. The Morgan fingerprint density at radius 2 is 1.69 bits per heavy atom. The molecule has 84 valence electrons. The summed E-state index contributed by atoms with van der Waals surface area (Å²) >= 11 is 5.69. The van der Waals surface area contributed by atoms with Crippen LogP contribution in [-0.2, 0) is 10.1 Å². The summed E-state index contributed by atoms with van der Waals surface area (Å²) < 4.78 is 31.4. The summed E-state index contributed by atoms with van der Waals surface area (Å²) in [6, 6.07) is 7.32. The Kier molecular flexibility index (Phi) is 2.53. The Bertz CT molecular complexity index is 664. The molecule has 0 aliphatic heterocycles. The summed E-state index contributed by atoms with van der Waals surface area (Å²) in [5, 5.41) is 9.88. The van der Waals surface area contributed by atoms with Crippen LogP contribution < -0.4 is 0 Å². The molecule has 16 heavy (non-hydrogen) atoms. The van der Waals surface area contributed by atoms with E-state index < -0.39 is 10.1 Å². The van der Waals surface area contributed by atoms with Crippen molar-refractivity contribution in [2.45, 2.75) is 4.90 Å². The van der Waals surface area contributed by atoms with Gasteiger partial charge in [0.05, 0.1) is 5.02 Å². The van der Waals surface area contributed by atoms with E-state index in [1.54, 1.807) is 12.1 Å². The van der Waals surface area contributed by atoms with E-state index in [4.69, 9.17) is 16.2 Å². The highest BCUT2D eigenvalue weighted by Gasteiger charge is 2.20. The number of phenolic OH excluding ortho intramolecular Hbond substituents is 1. The van der Waals surface area contributed by atoms with E-state index >= 15 is 0 Å². The molecular weight excluding hydrogens is 252 g/mol. The average molecular weight is 259 g/mol. The Morgan fingerprint density at radius 3 is 2.25 bits per heavy atom. The number of phenols is 1. The highest BCUT2D eigenvalue weighted by molar-refractivity contribution is 7.86. The van der Waals surface area contributed by atoms with Gasteiger partial charge in [-0.25, -0.2) is 0 Å². The molecule has 2 N–H and O–H groups in total. The second-order valence-electron chi connectivity index (χ2n) is 3.23.